The first-order valence-corrected chi connectivity index (χ1v) is 16.5. The van der Waals surface area contributed by atoms with Crippen molar-refractivity contribution >= 4 is 50.7 Å². The summed E-state index contributed by atoms with van der Waals surface area (Å²) < 4.78 is 28.9. The fourth-order valence-electron chi connectivity index (χ4n) is 5.24. The highest BCUT2D eigenvalue weighted by atomic mass is 35.5. The summed E-state index contributed by atoms with van der Waals surface area (Å²) in [6, 6.07) is 19.2. The number of hydrogen-bond acceptors (Lipinski definition) is 4. The van der Waals surface area contributed by atoms with Gasteiger partial charge in [0.1, 0.15) is 12.6 Å². The molecule has 42 heavy (non-hydrogen) atoms. The van der Waals surface area contributed by atoms with Gasteiger partial charge in [0.05, 0.1) is 10.6 Å². The fraction of sp³-hybridized carbons (Fsp3) is 0.375. The molecule has 1 unspecified atom stereocenters. The van der Waals surface area contributed by atoms with Crippen LogP contribution in [0.25, 0.3) is 0 Å². The predicted molar refractivity (Wildman–Crippen MR) is 168 cm³/mol. The highest BCUT2D eigenvalue weighted by Gasteiger charge is 2.34. The van der Waals surface area contributed by atoms with Gasteiger partial charge < -0.3 is 10.2 Å². The fourth-order valence-corrected chi connectivity index (χ4v) is 6.96. The van der Waals surface area contributed by atoms with Crippen molar-refractivity contribution in [1.82, 2.24) is 10.2 Å². The Balaban J connectivity index is 1.71. The summed E-state index contributed by atoms with van der Waals surface area (Å²) in [5, 5.41) is 4.08. The lowest BCUT2D eigenvalue weighted by molar-refractivity contribution is -0.140. The first kappa shape index (κ1) is 31.9. The number of rotatable bonds is 11. The quantitative estimate of drug-likeness (QED) is 0.254. The van der Waals surface area contributed by atoms with Gasteiger partial charge in [0.15, 0.2) is 0 Å². The lowest BCUT2D eigenvalue weighted by Gasteiger charge is -2.34. The van der Waals surface area contributed by atoms with Gasteiger partial charge in [-0.3, -0.25) is 13.9 Å². The molecule has 0 aliphatic heterocycles. The van der Waals surface area contributed by atoms with Gasteiger partial charge in [0.2, 0.25) is 11.8 Å². The van der Waals surface area contributed by atoms with Gasteiger partial charge in [-0.15, -0.1) is 0 Å². The molecule has 0 radical (unpaired) electrons. The molecule has 1 atom stereocenters. The van der Waals surface area contributed by atoms with Crippen LogP contribution in [0.2, 0.25) is 10.0 Å². The molecule has 0 saturated heterocycles. The van der Waals surface area contributed by atoms with E-state index in [2.05, 4.69) is 5.32 Å². The van der Waals surface area contributed by atoms with Crippen LogP contribution >= 0.6 is 23.2 Å². The zero-order chi connectivity index (χ0) is 30.3. The van der Waals surface area contributed by atoms with E-state index in [4.69, 9.17) is 23.2 Å². The largest absolute Gasteiger partial charge is 0.352 e. The van der Waals surface area contributed by atoms with Gasteiger partial charge >= 0.3 is 0 Å². The maximum absolute atomic E-state index is 14.2. The summed E-state index contributed by atoms with van der Waals surface area (Å²) in [5.41, 5.74) is 1.81. The summed E-state index contributed by atoms with van der Waals surface area (Å²) in [5.74, 6) is -0.741. The molecule has 1 N–H and O–H groups in total. The van der Waals surface area contributed by atoms with Crippen LogP contribution in [0.3, 0.4) is 0 Å². The van der Waals surface area contributed by atoms with Gasteiger partial charge in [-0.1, -0.05) is 85.8 Å². The van der Waals surface area contributed by atoms with E-state index in [9.17, 15) is 18.0 Å². The van der Waals surface area contributed by atoms with E-state index in [0.717, 1.165) is 47.5 Å². The smallest absolute Gasteiger partial charge is 0.264 e. The monoisotopic (exact) mass is 629 g/mol. The van der Waals surface area contributed by atoms with Gasteiger partial charge in [0.25, 0.3) is 10.0 Å². The van der Waals surface area contributed by atoms with E-state index in [0.29, 0.717) is 16.5 Å². The number of sulfonamides is 1. The summed E-state index contributed by atoms with van der Waals surface area (Å²) in [7, 11) is -4.16. The zero-order valence-electron chi connectivity index (χ0n) is 23.9. The van der Waals surface area contributed by atoms with Crippen LogP contribution in [0, 0.1) is 6.92 Å². The van der Waals surface area contributed by atoms with Crippen molar-refractivity contribution in [3.05, 3.63) is 94.0 Å². The Hall–Kier alpha value is -3.07. The topological polar surface area (TPSA) is 86.8 Å². The highest BCUT2D eigenvalue weighted by molar-refractivity contribution is 7.92. The molecule has 1 fully saturated rings. The molecule has 2 amide bonds. The second-order valence-corrected chi connectivity index (χ2v) is 13.4. The van der Waals surface area contributed by atoms with E-state index in [-0.39, 0.29) is 29.1 Å². The Kier molecular flexibility index (Phi) is 10.9. The molecular weight excluding hydrogens is 593 g/mol. The van der Waals surface area contributed by atoms with Crippen molar-refractivity contribution < 1.29 is 18.0 Å². The second-order valence-electron chi connectivity index (χ2n) is 10.7. The van der Waals surface area contributed by atoms with Gasteiger partial charge in [-0.05, 0) is 73.7 Å². The zero-order valence-corrected chi connectivity index (χ0v) is 26.3. The molecular formula is C32H37Cl2N3O4S. The van der Waals surface area contributed by atoms with E-state index < -0.39 is 28.5 Å². The highest BCUT2D eigenvalue weighted by Crippen LogP contribution is 2.29. The number of hydrogen-bond donors (Lipinski definition) is 1. The number of nitrogens with one attached hydrogen (secondary N) is 1. The summed E-state index contributed by atoms with van der Waals surface area (Å²) in [6.45, 7) is 3.27. The average molecular weight is 631 g/mol. The first-order valence-electron chi connectivity index (χ1n) is 14.3. The molecule has 10 heteroatoms. The third-order valence-electron chi connectivity index (χ3n) is 7.66. The van der Waals surface area contributed by atoms with Crippen LogP contribution in [-0.4, -0.2) is 43.8 Å². The number of halogens is 2. The van der Waals surface area contributed by atoms with Crippen LogP contribution in [-0.2, 0) is 26.2 Å². The van der Waals surface area contributed by atoms with Gasteiger partial charge in [0, 0.05) is 22.6 Å². The molecule has 0 bridgehead atoms. The van der Waals surface area contributed by atoms with Gasteiger partial charge in [-0.25, -0.2) is 8.42 Å². The number of amides is 2. The van der Waals surface area contributed by atoms with Crippen LogP contribution < -0.4 is 9.62 Å². The minimum absolute atomic E-state index is 0.0424. The number of benzene rings is 3. The summed E-state index contributed by atoms with van der Waals surface area (Å²) >= 11 is 12.5. The lowest BCUT2D eigenvalue weighted by atomic mass is 9.95. The van der Waals surface area contributed by atoms with Crippen molar-refractivity contribution in [1.29, 1.82) is 0 Å². The van der Waals surface area contributed by atoms with Crippen LogP contribution in [0.15, 0.2) is 77.7 Å². The van der Waals surface area contributed by atoms with E-state index in [1.807, 2.05) is 13.8 Å². The molecule has 3 aromatic rings. The Morgan fingerprint density at radius 3 is 2.24 bits per heavy atom. The third kappa shape index (κ3) is 7.85. The lowest BCUT2D eigenvalue weighted by Crippen LogP contribution is -2.54. The van der Waals surface area contributed by atoms with Crippen molar-refractivity contribution in [2.45, 2.75) is 75.9 Å². The van der Waals surface area contributed by atoms with Crippen molar-refractivity contribution in [3.63, 3.8) is 0 Å². The van der Waals surface area contributed by atoms with Crippen LogP contribution in [0.4, 0.5) is 5.69 Å². The summed E-state index contributed by atoms with van der Waals surface area (Å²) in [4.78, 5) is 29.3. The number of nitrogens with zero attached hydrogens (tertiary/aromatic N) is 2. The molecule has 7 nitrogen and oxygen atoms in total. The number of aryl methyl sites for hydroxylation is 1. The standard InChI is InChI=1S/C32H37Cl2N3O4S/c1-3-30(32(39)35-26-10-6-4-7-11-26)36(21-24-15-17-25(33)18-16-24)31(38)22-37(27-19-14-23(2)29(34)20-27)42(40,41)28-12-8-5-9-13-28/h5,8-9,12-20,26,30H,3-4,6-7,10-11,21-22H2,1-2H3,(H,35,39). The molecule has 1 aliphatic carbocycles. The molecule has 0 aromatic heterocycles. The number of carbonyl (C=O) groups is 2. The van der Waals surface area contributed by atoms with Gasteiger partial charge in [-0.2, -0.15) is 0 Å². The minimum Gasteiger partial charge on any atom is -0.352 e. The van der Waals surface area contributed by atoms with Crippen molar-refractivity contribution in [3.8, 4) is 0 Å². The Morgan fingerprint density at radius 2 is 1.62 bits per heavy atom. The Labute approximate surface area is 258 Å². The van der Waals surface area contributed by atoms with Crippen LogP contribution in [0.1, 0.15) is 56.6 Å². The van der Waals surface area contributed by atoms with E-state index >= 15 is 0 Å². The van der Waals surface area contributed by atoms with Crippen molar-refractivity contribution in [2.24, 2.45) is 0 Å². The first-order chi connectivity index (χ1) is 20.1. The van der Waals surface area contributed by atoms with Crippen molar-refractivity contribution in [2.75, 3.05) is 10.8 Å². The maximum Gasteiger partial charge on any atom is 0.264 e. The SMILES string of the molecule is CCC(C(=O)NC1CCCCC1)N(Cc1ccc(Cl)cc1)C(=O)CN(c1ccc(C)c(Cl)c1)S(=O)(=O)c1ccccc1. The predicted octanol–water partition coefficient (Wildman–Crippen LogP) is 6.75. The second kappa shape index (κ2) is 14.4. The van der Waals surface area contributed by atoms with E-state index in [1.165, 1.54) is 17.0 Å². The molecule has 1 aliphatic rings. The summed E-state index contributed by atoms with van der Waals surface area (Å²) in [6.07, 6.45) is 5.44. The molecule has 4 rings (SSSR count). The average Bonchev–Trinajstić information content (AvgIpc) is 2.99. The minimum atomic E-state index is -4.16. The normalized spacial score (nSPS) is 14.7. The van der Waals surface area contributed by atoms with E-state index in [1.54, 1.807) is 60.7 Å². The number of anilines is 1. The van der Waals surface area contributed by atoms with Crippen LogP contribution in [0.5, 0.6) is 0 Å². The molecule has 1 saturated carbocycles. The molecule has 224 valence electrons. The number of carbonyl (C=O) groups excluding carboxylic acids is 2. The Bertz CT molecular complexity index is 1480. The maximum atomic E-state index is 14.2. The molecule has 3 aromatic carbocycles. The Morgan fingerprint density at radius 1 is 0.952 bits per heavy atom. The molecule has 0 spiro atoms. The molecule has 0 heterocycles. The third-order valence-corrected chi connectivity index (χ3v) is 10.1.